The molecule has 0 saturated carbocycles. The number of rotatable bonds is 27. The van der Waals surface area contributed by atoms with E-state index < -0.39 is 26.3 Å². The first-order valence-electron chi connectivity index (χ1n) is 24.1. The molecule has 0 amide bonds. The molecule has 0 radical (unpaired) electrons. The quantitative estimate of drug-likeness (QED) is 0.0429. The summed E-state index contributed by atoms with van der Waals surface area (Å²) in [6.07, 6.45) is 4.62. The topological polar surface area (TPSA) is 342 Å². The number of aryl methyl sites for hydroxylation is 2. The molecule has 2 aromatic rings. The predicted molar refractivity (Wildman–Crippen MR) is 278 cm³/mol. The fraction of sp³-hybridized carbons (Fsp3) is 0.640. The first kappa shape index (κ1) is 77.0. The largest absolute Gasteiger partial charge is 0.870 e. The molecule has 6 N–H and O–H groups in total. The fourth-order valence-corrected chi connectivity index (χ4v) is 6.56. The van der Waals surface area contributed by atoms with Crippen LogP contribution in [0.25, 0.3) is 0 Å². The van der Waals surface area contributed by atoms with Crippen molar-refractivity contribution in [1.29, 1.82) is 0 Å². The molecule has 2 aliphatic heterocycles. The number of epoxide rings is 1. The Balaban J connectivity index is -0.000000993. The molecule has 2 fully saturated rings. The maximum atomic E-state index is 12.0. The summed E-state index contributed by atoms with van der Waals surface area (Å²) in [5, 5.41) is 33.4. The van der Waals surface area contributed by atoms with Gasteiger partial charge in [-0.1, -0.05) is 53.6 Å². The molecule has 2 heterocycles. The van der Waals surface area contributed by atoms with Gasteiger partial charge in [-0.2, -0.15) is 16.8 Å². The second-order valence-corrected chi connectivity index (χ2v) is 18.2. The highest BCUT2D eigenvalue weighted by atomic mass is 32.2. The van der Waals surface area contributed by atoms with Gasteiger partial charge in [-0.25, -0.2) is 0 Å². The van der Waals surface area contributed by atoms with Crippen molar-refractivity contribution in [3.05, 3.63) is 97.6 Å². The molecule has 2 saturated heterocycles. The van der Waals surface area contributed by atoms with E-state index in [1.165, 1.54) is 30.3 Å². The minimum atomic E-state index is -3.81. The molecule has 2 aliphatic rings. The van der Waals surface area contributed by atoms with Crippen molar-refractivity contribution >= 4 is 20.2 Å². The summed E-state index contributed by atoms with van der Waals surface area (Å²) in [6, 6.07) is 12.7. The summed E-state index contributed by atoms with van der Waals surface area (Å²) in [4.78, 5) is 0.189. The molecular formula is C50H86O24S2-2. The van der Waals surface area contributed by atoms with Crippen molar-refractivity contribution in [3.8, 4) is 0 Å². The molecule has 3 atom stereocenters. The zero-order valence-corrected chi connectivity index (χ0v) is 45.8. The summed E-state index contributed by atoms with van der Waals surface area (Å²) in [5.74, 6) is 0. The van der Waals surface area contributed by atoms with E-state index in [0.29, 0.717) is 112 Å². The van der Waals surface area contributed by atoms with Gasteiger partial charge in [-0.3, -0.25) is 8.37 Å². The summed E-state index contributed by atoms with van der Waals surface area (Å²) < 4.78 is 120. The van der Waals surface area contributed by atoms with Crippen LogP contribution in [0.3, 0.4) is 0 Å². The molecule has 0 aromatic heterocycles. The van der Waals surface area contributed by atoms with Crippen LogP contribution in [0.5, 0.6) is 0 Å². The Morgan fingerprint density at radius 2 is 0.803 bits per heavy atom. The average molecular weight is 1140 g/mol. The lowest BCUT2D eigenvalue weighted by Gasteiger charge is -2.15. The minimum Gasteiger partial charge on any atom is -0.870 e. The van der Waals surface area contributed by atoms with Gasteiger partial charge in [-0.05, 0) is 38.1 Å². The molecule has 4 rings (SSSR count). The Morgan fingerprint density at radius 1 is 0.487 bits per heavy atom. The highest BCUT2D eigenvalue weighted by Crippen LogP contribution is 2.14. The number of ether oxygens (including phenoxy) is 12. The van der Waals surface area contributed by atoms with Crippen molar-refractivity contribution < 1.29 is 113 Å². The molecule has 0 bridgehead atoms. The number of hydrogen-bond acceptors (Lipinski definition) is 24. The second-order valence-electron chi connectivity index (χ2n) is 15.0. The van der Waals surface area contributed by atoms with Crippen LogP contribution in [-0.2, 0) is 85.4 Å². The first-order chi connectivity index (χ1) is 35.8. The van der Waals surface area contributed by atoms with Gasteiger partial charge >= 0.3 is 0 Å². The standard InChI is InChI=1S/C20H26O8S2.C14H26O6.C8H16O4.C4H10O3.C4H6O.2H2O/c1-17-3-7-19(8-4-17)29(21,22)27-15-13-25-11-12-26-14-16-28-30(23,24)20-9-5-18(2)6-10-20;1-2-14-13-19-10-9-17-6-5-15-3-4-16-7-8-18-11-12-20-14;1-2-8(10)7-12-6-5-11-4-3-9;5-1-3-7-4-2-6;1-2-4-3-5-4;;/h3-10H,11-16H2,1-2H3;2,14H,1,3-13H2;2,8-10H,1,3-7H2;5-6H,1-4H2;2,4H,1,3H2;2*1H2/p-2. The number of aliphatic hydroxyl groups is 4. The van der Waals surface area contributed by atoms with E-state index in [0.717, 1.165) is 17.7 Å². The van der Waals surface area contributed by atoms with E-state index in [1.54, 1.807) is 36.4 Å². The van der Waals surface area contributed by atoms with E-state index in [1.807, 2.05) is 13.8 Å². The molecule has 2 aromatic carbocycles. The molecule has 0 aliphatic carbocycles. The Kier molecular flexibility index (Phi) is 54.5. The normalized spacial score (nSPS) is 16.8. The lowest BCUT2D eigenvalue weighted by molar-refractivity contribution is -0.0479. The second kappa shape index (κ2) is 53.7. The molecule has 0 spiro atoms. The summed E-state index contributed by atoms with van der Waals surface area (Å²) in [5.41, 5.74) is 1.91. The summed E-state index contributed by atoms with van der Waals surface area (Å²) >= 11 is 0. The predicted octanol–water partition coefficient (Wildman–Crippen LogP) is 1.87. The van der Waals surface area contributed by atoms with Crippen LogP contribution < -0.4 is 0 Å². The van der Waals surface area contributed by atoms with Gasteiger partial charge in [0.05, 0.1) is 206 Å². The van der Waals surface area contributed by atoms with Crippen molar-refractivity contribution in [2.75, 3.05) is 178 Å². The van der Waals surface area contributed by atoms with E-state index in [2.05, 4.69) is 24.5 Å². The van der Waals surface area contributed by atoms with Crippen molar-refractivity contribution in [1.82, 2.24) is 0 Å². The minimum absolute atomic E-state index is 0. The van der Waals surface area contributed by atoms with E-state index >= 15 is 0 Å². The van der Waals surface area contributed by atoms with E-state index in [4.69, 9.17) is 80.9 Å². The van der Waals surface area contributed by atoms with Crippen LogP contribution in [0.1, 0.15) is 11.1 Å². The molecule has 24 nitrogen and oxygen atoms in total. The molecule has 76 heavy (non-hydrogen) atoms. The van der Waals surface area contributed by atoms with Crippen LogP contribution in [0.4, 0.5) is 0 Å². The lowest BCUT2D eigenvalue weighted by Crippen LogP contribution is -2.22. The number of benzene rings is 2. The van der Waals surface area contributed by atoms with Crippen LogP contribution in [-0.4, -0.2) is 245 Å². The van der Waals surface area contributed by atoms with Crippen molar-refractivity contribution in [2.45, 2.75) is 42.0 Å². The van der Waals surface area contributed by atoms with Crippen molar-refractivity contribution in [3.63, 3.8) is 0 Å². The first-order valence-corrected chi connectivity index (χ1v) is 26.9. The van der Waals surface area contributed by atoms with Crippen LogP contribution in [0.2, 0.25) is 0 Å². The van der Waals surface area contributed by atoms with Gasteiger partial charge in [0, 0.05) is 0 Å². The van der Waals surface area contributed by atoms with Gasteiger partial charge in [0.1, 0.15) is 0 Å². The fourth-order valence-electron chi connectivity index (χ4n) is 4.77. The highest BCUT2D eigenvalue weighted by molar-refractivity contribution is 7.87. The molecule has 3 unspecified atom stereocenters. The van der Waals surface area contributed by atoms with Gasteiger partial charge in [0.15, 0.2) is 0 Å². The molecular weight excluding hydrogens is 1050 g/mol. The van der Waals surface area contributed by atoms with Gasteiger partial charge < -0.3 is 88.2 Å². The lowest BCUT2D eigenvalue weighted by atomic mass is 10.2. The Bertz CT molecular complexity index is 1710. The SMILES string of the molecule is C=CC(O)COCCOCCO.C=CC1CO1.C=CC1COCCOCCOCCOCCOCCO1.Cc1ccc(S(=O)(=O)OCCOCCOCCOS(=O)(=O)c2ccc(C)cc2)cc1.OCCOCCO.[OH-].[OH-]. The summed E-state index contributed by atoms with van der Waals surface area (Å²) in [7, 11) is -7.61. The van der Waals surface area contributed by atoms with Crippen LogP contribution >= 0.6 is 0 Å². The maximum Gasteiger partial charge on any atom is 0.297 e. The van der Waals surface area contributed by atoms with Crippen LogP contribution in [0.15, 0.2) is 96.3 Å². The maximum absolute atomic E-state index is 12.0. The van der Waals surface area contributed by atoms with Crippen molar-refractivity contribution in [2.24, 2.45) is 0 Å². The van der Waals surface area contributed by atoms with Gasteiger partial charge in [0.2, 0.25) is 0 Å². The zero-order valence-electron chi connectivity index (χ0n) is 44.1. The third-order valence-corrected chi connectivity index (χ3v) is 11.4. The summed E-state index contributed by atoms with van der Waals surface area (Å²) in [6.45, 7) is 23.7. The monoisotopic (exact) mass is 1130 g/mol. The third-order valence-electron chi connectivity index (χ3n) is 8.78. The average Bonchev–Trinajstić information content (AvgIpc) is 4.24. The molecule has 26 heteroatoms. The third kappa shape index (κ3) is 47.9. The highest BCUT2D eigenvalue weighted by Gasteiger charge is 2.17. The number of hydrogen-bond donors (Lipinski definition) is 4. The Labute approximate surface area is 450 Å². The van der Waals surface area contributed by atoms with E-state index in [-0.39, 0.29) is 92.9 Å². The zero-order chi connectivity index (χ0) is 54.8. The van der Waals surface area contributed by atoms with Gasteiger partial charge in [-0.15, -0.1) is 19.7 Å². The number of aliphatic hydroxyl groups excluding tert-OH is 4. The van der Waals surface area contributed by atoms with Crippen LogP contribution in [0, 0.1) is 13.8 Å². The Morgan fingerprint density at radius 3 is 1.14 bits per heavy atom. The Hall–Kier alpha value is -3.24. The molecule has 444 valence electrons. The van der Waals surface area contributed by atoms with Gasteiger partial charge in [0.25, 0.3) is 20.2 Å². The smallest absolute Gasteiger partial charge is 0.297 e. The van der Waals surface area contributed by atoms with E-state index in [9.17, 15) is 16.8 Å².